The standard InChI is InChI=1S/C42H47ClO8/c1-6-45-36-20-17-31(18-21-36)23-34-24-35(19-22-37(34)43)42-39(47-26-33-15-11-8-12-16-33)38(46-25-32-13-9-7-10-14-32)29(4)41(51-42,27-48-42)30(5)50-40(44)49-28(2)3/h7-22,24,28-30,38-39H,6,23,25-27H2,1-5H3/t29-,30?,38-,39+,41-,42-/m0/s1. The normalized spacial score (nSPS) is 24.6. The maximum absolute atomic E-state index is 12.8. The van der Waals surface area contributed by atoms with E-state index in [0.717, 1.165) is 33.6 Å². The van der Waals surface area contributed by atoms with Crippen LogP contribution in [0.5, 0.6) is 5.75 Å². The Hall–Kier alpha value is -3.92. The zero-order chi connectivity index (χ0) is 36.0. The number of fused-ring (bicyclic) bond motifs is 2. The molecule has 6 atom stereocenters. The third-order valence-corrected chi connectivity index (χ3v) is 10.1. The van der Waals surface area contributed by atoms with E-state index in [1.807, 2.05) is 124 Å². The van der Waals surface area contributed by atoms with Gasteiger partial charge in [-0.15, -0.1) is 0 Å². The third-order valence-electron chi connectivity index (χ3n) is 9.72. The third kappa shape index (κ3) is 8.11. The highest BCUT2D eigenvalue weighted by Gasteiger charge is 2.70. The Morgan fingerprint density at radius 2 is 1.49 bits per heavy atom. The first kappa shape index (κ1) is 36.9. The van der Waals surface area contributed by atoms with Crippen molar-refractivity contribution in [3.05, 3.63) is 136 Å². The number of hydrogen-bond acceptors (Lipinski definition) is 8. The van der Waals surface area contributed by atoms with Gasteiger partial charge in [-0.3, -0.25) is 0 Å². The van der Waals surface area contributed by atoms with Crippen LogP contribution in [0.25, 0.3) is 0 Å². The molecule has 8 nitrogen and oxygen atoms in total. The van der Waals surface area contributed by atoms with Gasteiger partial charge in [-0.05, 0) is 80.6 Å². The molecule has 2 fully saturated rings. The highest BCUT2D eigenvalue weighted by atomic mass is 35.5. The molecule has 2 aliphatic rings. The van der Waals surface area contributed by atoms with Crippen LogP contribution in [-0.2, 0) is 53.8 Å². The molecule has 2 heterocycles. The van der Waals surface area contributed by atoms with Gasteiger partial charge in [-0.2, -0.15) is 0 Å². The molecule has 0 radical (unpaired) electrons. The Kier molecular flexibility index (Phi) is 11.7. The van der Waals surface area contributed by atoms with Crippen molar-refractivity contribution in [1.29, 1.82) is 0 Å². The summed E-state index contributed by atoms with van der Waals surface area (Å²) in [7, 11) is 0. The first-order valence-electron chi connectivity index (χ1n) is 17.7. The lowest BCUT2D eigenvalue weighted by atomic mass is 9.75. The van der Waals surface area contributed by atoms with E-state index in [-0.39, 0.29) is 18.6 Å². The van der Waals surface area contributed by atoms with E-state index in [1.54, 1.807) is 13.8 Å². The van der Waals surface area contributed by atoms with E-state index < -0.39 is 35.9 Å². The van der Waals surface area contributed by atoms with Crippen LogP contribution in [0.1, 0.15) is 62.4 Å². The lowest BCUT2D eigenvalue weighted by Gasteiger charge is -2.51. The summed E-state index contributed by atoms with van der Waals surface area (Å²) in [6.07, 6.45) is -2.56. The number of halogens is 1. The lowest BCUT2D eigenvalue weighted by molar-refractivity contribution is -0.343. The van der Waals surface area contributed by atoms with Crippen molar-refractivity contribution in [1.82, 2.24) is 0 Å². The van der Waals surface area contributed by atoms with Gasteiger partial charge in [0, 0.05) is 16.5 Å². The molecule has 4 aromatic carbocycles. The zero-order valence-corrected chi connectivity index (χ0v) is 30.6. The smallest absolute Gasteiger partial charge is 0.494 e. The van der Waals surface area contributed by atoms with Crippen molar-refractivity contribution >= 4 is 17.8 Å². The maximum atomic E-state index is 12.8. The predicted octanol–water partition coefficient (Wildman–Crippen LogP) is 9.04. The molecule has 2 aliphatic heterocycles. The van der Waals surface area contributed by atoms with Crippen molar-refractivity contribution in [3.8, 4) is 5.75 Å². The molecular formula is C42H47ClO8. The van der Waals surface area contributed by atoms with Crippen molar-refractivity contribution in [2.24, 2.45) is 5.92 Å². The van der Waals surface area contributed by atoms with E-state index in [1.165, 1.54) is 0 Å². The average Bonchev–Trinajstić information content (AvgIpc) is 3.51. The molecule has 0 N–H and O–H groups in total. The number of benzene rings is 4. The SMILES string of the molecule is CCOc1ccc(Cc2cc([C@]34OC[C@](C(C)OC(=O)OC(C)C)(O3)[C@@H](C)[C@H](OCc3ccccc3)[C@H]4OCc3ccccc3)ccc2Cl)cc1. The summed E-state index contributed by atoms with van der Waals surface area (Å²) in [6, 6.07) is 33.8. The van der Waals surface area contributed by atoms with Crippen LogP contribution in [0.3, 0.4) is 0 Å². The minimum atomic E-state index is -1.43. The molecule has 0 aliphatic carbocycles. The van der Waals surface area contributed by atoms with Gasteiger partial charge >= 0.3 is 6.16 Å². The second-order valence-electron chi connectivity index (χ2n) is 13.5. The Labute approximate surface area is 305 Å². The largest absolute Gasteiger partial charge is 0.508 e. The average molecular weight is 715 g/mol. The van der Waals surface area contributed by atoms with Crippen molar-refractivity contribution < 1.29 is 38.0 Å². The molecule has 0 saturated carbocycles. The van der Waals surface area contributed by atoms with E-state index >= 15 is 0 Å². The lowest BCUT2D eigenvalue weighted by Crippen LogP contribution is -2.65. The molecule has 0 aromatic heterocycles. The highest BCUT2D eigenvalue weighted by Crippen LogP contribution is 2.56. The van der Waals surface area contributed by atoms with Crippen LogP contribution < -0.4 is 4.74 Å². The summed E-state index contributed by atoms with van der Waals surface area (Å²) in [6.45, 7) is 10.7. The topological polar surface area (TPSA) is 81.7 Å². The van der Waals surface area contributed by atoms with Gasteiger partial charge in [-0.1, -0.05) is 97.4 Å². The van der Waals surface area contributed by atoms with Crippen LogP contribution in [0, 0.1) is 5.92 Å². The number of carbonyl (C=O) groups excluding carboxylic acids is 1. The second kappa shape index (κ2) is 16.2. The van der Waals surface area contributed by atoms with Gasteiger partial charge in [0.25, 0.3) is 0 Å². The second-order valence-corrected chi connectivity index (χ2v) is 13.9. The van der Waals surface area contributed by atoms with Gasteiger partial charge in [-0.25, -0.2) is 4.79 Å². The molecule has 9 heteroatoms. The molecule has 4 aromatic rings. The number of hydrogen-bond donors (Lipinski definition) is 0. The first-order chi connectivity index (χ1) is 24.6. The van der Waals surface area contributed by atoms with Crippen molar-refractivity contribution in [2.45, 2.75) is 90.1 Å². The van der Waals surface area contributed by atoms with Crippen LogP contribution in [0.4, 0.5) is 4.79 Å². The number of ether oxygens (including phenoxy) is 7. The molecule has 1 unspecified atom stereocenters. The quantitative estimate of drug-likeness (QED) is 0.120. The van der Waals surface area contributed by atoms with E-state index in [9.17, 15) is 4.79 Å². The maximum Gasteiger partial charge on any atom is 0.508 e. The van der Waals surface area contributed by atoms with Gasteiger partial charge in [0.1, 0.15) is 23.6 Å². The monoisotopic (exact) mass is 714 g/mol. The molecule has 0 amide bonds. The van der Waals surface area contributed by atoms with Crippen LogP contribution in [0.2, 0.25) is 5.02 Å². The van der Waals surface area contributed by atoms with Gasteiger partial charge < -0.3 is 33.2 Å². The van der Waals surface area contributed by atoms with Crippen LogP contribution in [-0.4, -0.2) is 49.4 Å². The molecule has 270 valence electrons. The van der Waals surface area contributed by atoms with Gasteiger partial charge in [0.2, 0.25) is 5.79 Å². The molecule has 6 rings (SSSR count). The summed E-state index contributed by atoms with van der Waals surface area (Å²) < 4.78 is 44.7. The van der Waals surface area contributed by atoms with E-state index in [2.05, 4.69) is 0 Å². The Bertz CT molecular complexity index is 1730. The molecule has 0 spiro atoms. The molecular weight excluding hydrogens is 668 g/mol. The minimum Gasteiger partial charge on any atom is -0.494 e. The minimum absolute atomic E-state index is 0.123. The van der Waals surface area contributed by atoms with E-state index in [4.69, 9.17) is 44.8 Å². The summed E-state index contributed by atoms with van der Waals surface area (Å²) in [4.78, 5) is 12.8. The van der Waals surface area contributed by atoms with Crippen LogP contribution >= 0.6 is 11.6 Å². The van der Waals surface area contributed by atoms with Crippen molar-refractivity contribution in [3.63, 3.8) is 0 Å². The highest BCUT2D eigenvalue weighted by molar-refractivity contribution is 6.31. The summed E-state index contributed by atoms with van der Waals surface area (Å²) in [5.74, 6) is -0.954. The Balaban J connectivity index is 1.41. The van der Waals surface area contributed by atoms with Crippen LogP contribution in [0.15, 0.2) is 103 Å². The zero-order valence-electron chi connectivity index (χ0n) is 29.9. The van der Waals surface area contributed by atoms with E-state index in [0.29, 0.717) is 31.3 Å². The predicted molar refractivity (Wildman–Crippen MR) is 195 cm³/mol. The molecule has 2 bridgehead atoms. The number of rotatable bonds is 14. The summed E-state index contributed by atoms with van der Waals surface area (Å²) in [5, 5.41) is 0.615. The fourth-order valence-corrected chi connectivity index (χ4v) is 7.19. The van der Waals surface area contributed by atoms with Gasteiger partial charge in [0.05, 0.1) is 38.6 Å². The first-order valence-corrected chi connectivity index (χ1v) is 18.0. The summed E-state index contributed by atoms with van der Waals surface area (Å²) in [5.41, 5.74) is 3.61. The van der Waals surface area contributed by atoms with Crippen molar-refractivity contribution in [2.75, 3.05) is 13.2 Å². The fraction of sp³-hybridized carbons (Fsp3) is 0.405. The fourth-order valence-electron chi connectivity index (χ4n) is 7.00. The molecule has 2 saturated heterocycles. The number of carbonyl (C=O) groups is 1. The Morgan fingerprint density at radius 1 is 0.843 bits per heavy atom. The Morgan fingerprint density at radius 3 is 2.12 bits per heavy atom. The van der Waals surface area contributed by atoms with Gasteiger partial charge in [0.15, 0.2) is 0 Å². The summed E-state index contributed by atoms with van der Waals surface area (Å²) >= 11 is 6.85. The molecule has 51 heavy (non-hydrogen) atoms.